The van der Waals surface area contributed by atoms with Crippen molar-refractivity contribution in [3.05, 3.63) is 0 Å². The van der Waals surface area contributed by atoms with Gasteiger partial charge in [-0.1, -0.05) is 97.3 Å². The number of unbranched alkanes of at least 4 members (excludes halogenated alkanes) is 11. The highest BCUT2D eigenvalue weighted by Gasteiger charge is 2.10. The zero-order valence-corrected chi connectivity index (χ0v) is 15.6. The van der Waals surface area contributed by atoms with Crippen LogP contribution in [0, 0.1) is 0 Å². The van der Waals surface area contributed by atoms with Crippen molar-refractivity contribution in [3.8, 4) is 0 Å². The second-order valence-corrected chi connectivity index (χ2v) is 7.08. The minimum absolute atomic E-state index is 0.826. The van der Waals surface area contributed by atoms with Crippen LogP contribution >= 0.6 is 0 Å². The maximum atomic E-state index is 2.46. The second kappa shape index (κ2) is 16.3. The minimum Gasteiger partial charge on any atom is -0.306 e. The van der Waals surface area contributed by atoms with Crippen molar-refractivity contribution in [1.82, 2.24) is 4.90 Å². The molecule has 1 atom stereocenters. The zero-order valence-electron chi connectivity index (χ0n) is 15.6. The van der Waals surface area contributed by atoms with Crippen LogP contribution in [0.4, 0.5) is 0 Å². The van der Waals surface area contributed by atoms with Crippen molar-refractivity contribution in [2.45, 2.75) is 116 Å². The van der Waals surface area contributed by atoms with Gasteiger partial charge in [-0.2, -0.15) is 0 Å². The Morgan fingerprint density at radius 2 is 0.857 bits per heavy atom. The van der Waals surface area contributed by atoms with E-state index >= 15 is 0 Å². The molecule has 0 aliphatic rings. The van der Waals surface area contributed by atoms with E-state index in [9.17, 15) is 0 Å². The lowest BCUT2D eigenvalue weighted by atomic mass is 9.99. The van der Waals surface area contributed by atoms with Crippen molar-refractivity contribution in [3.63, 3.8) is 0 Å². The Kier molecular flexibility index (Phi) is 16.3. The van der Waals surface area contributed by atoms with Crippen LogP contribution in [0.1, 0.15) is 110 Å². The van der Waals surface area contributed by atoms with Gasteiger partial charge in [-0.05, 0) is 26.9 Å². The van der Waals surface area contributed by atoms with Crippen molar-refractivity contribution in [2.24, 2.45) is 0 Å². The molecular weight excluding hydrogens is 254 g/mol. The summed E-state index contributed by atoms with van der Waals surface area (Å²) in [5.74, 6) is 0. The van der Waals surface area contributed by atoms with E-state index in [4.69, 9.17) is 0 Å². The van der Waals surface area contributed by atoms with Gasteiger partial charge in [0.25, 0.3) is 0 Å². The first-order valence-corrected chi connectivity index (χ1v) is 9.88. The van der Waals surface area contributed by atoms with E-state index in [2.05, 4.69) is 32.8 Å². The average Bonchev–Trinajstić information content (AvgIpc) is 2.47. The standard InChI is InChI=1S/C20H43N/c1-5-7-9-11-12-13-15-17-19-20(21(3)4)18-16-14-10-8-6-2/h20H,5-19H2,1-4H3. The first kappa shape index (κ1) is 21.0. The number of rotatable bonds is 16. The molecule has 0 rings (SSSR count). The van der Waals surface area contributed by atoms with E-state index in [0.29, 0.717) is 0 Å². The third-order valence-corrected chi connectivity index (χ3v) is 4.76. The molecule has 0 fully saturated rings. The molecule has 1 heteroatoms. The Bertz CT molecular complexity index is 188. The lowest BCUT2D eigenvalue weighted by Crippen LogP contribution is -2.27. The summed E-state index contributed by atoms with van der Waals surface area (Å²) in [6.07, 6.45) is 21.4. The molecule has 0 aromatic carbocycles. The molecule has 0 heterocycles. The monoisotopic (exact) mass is 297 g/mol. The molecule has 0 spiro atoms. The Labute approximate surface area is 135 Å². The van der Waals surface area contributed by atoms with Crippen LogP contribution in [0.15, 0.2) is 0 Å². The first-order valence-electron chi connectivity index (χ1n) is 9.88. The summed E-state index contributed by atoms with van der Waals surface area (Å²) in [4.78, 5) is 2.46. The van der Waals surface area contributed by atoms with Gasteiger partial charge in [-0.25, -0.2) is 0 Å². The molecule has 0 bridgehead atoms. The van der Waals surface area contributed by atoms with Gasteiger partial charge in [0.15, 0.2) is 0 Å². The molecule has 0 saturated carbocycles. The van der Waals surface area contributed by atoms with Crippen LogP contribution < -0.4 is 0 Å². The van der Waals surface area contributed by atoms with Crippen LogP contribution in [0.25, 0.3) is 0 Å². The molecule has 0 aliphatic carbocycles. The Balaban J connectivity index is 3.47. The topological polar surface area (TPSA) is 3.24 Å². The highest BCUT2D eigenvalue weighted by atomic mass is 15.1. The molecular formula is C20H43N. The van der Waals surface area contributed by atoms with Gasteiger partial charge in [0.1, 0.15) is 0 Å². The van der Waals surface area contributed by atoms with Crippen LogP contribution in [0.5, 0.6) is 0 Å². The Morgan fingerprint density at radius 3 is 1.19 bits per heavy atom. The fourth-order valence-corrected chi connectivity index (χ4v) is 3.16. The third-order valence-electron chi connectivity index (χ3n) is 4.76. The maximum Gasteiger partial charge on any atom is 0.00891 e. The summed E-state index contributed by atoms with van der Waals surface area (Å²) in [5, 5.41) is 0. The highest BCUT2D eigenvalue weighted by Crippen LogP contribution is 2.17. The van der Waals surface area contributed by atoms with Crippen molar-refractivity contribution >= 4 is 0 Å². The largest absolute Gasteiger partial charge is 0.306 e. The van der Waals surface area contributed by atoms with E-state index in [1.54, 1.807) is 0 Å². The van der Waals surface area contributed by atoms with E-state index < -0.39 is 0 Å². The lowest BCUT2D eigenvalue weighted by molar-refractivity contribution is 0.251. The predicted octanol–water partition coefficient (Wildman–Crippen LogP) is 6.81. The van der Waals surface area contributed by atoms with E-state index in [0.717, 1.165) is 6.04 Å². The van der Waals surface area contributed by atoms with Gasteiger partial charge < -0.3 is 4.90 Å². The molecule has 0 amide bonds. The van der Waals surface area contributed by atoms with Gasteiger partial charge in [0.05, 0.1) is 0 Å². The summed E-state index contributed by atoms with van der Waals surface area (Å²) >= 11 is 0. The summed E-state index contributed by atoms with van der Waals surface area (Å²) in [6.45, 7) is 4.59. The maximum absolute atomic E-state index is 2.46. The molecule has 1 nitrogen and oxygen atoms in total. The summed E-state index contributed by atoms with van der Waals surface area (Å²) < 4.78 is 0. The van der Waals surface area contributed by atoms with Crippen LogP contribution in [-0.4, -0.2) is 25.0 Å². The first-order chi connectivity index (χ1) is 10.2. The lowest BCUT2D eigenvalue weighted by Gasteiger charge is -2.24. The second-order valence-electron chi connectivity index (χ2n) is 7.08. The Hall–Kier alpha value is -0.0400. The molecule has 128 valence electrons. The molecule has 21 heavy (non-hydrogen) atoms. The number of hydrogen-bond acceptors (Lipinski definition) is 1. The van der Waals surface area contributed by atoms with Crippen molar-refractivity contribution in [1.29, 1.82) is 0 Å². The summed E-state index contributed by atoms with van der Waals surface area (Å²) in [6, 6.07) is 0.826. The molecule has 0 saturated heterocycles. The van der Waals surface area contributed by atoms with E-state index in [1.165, 1.54) is 96.3 Å². The molecule has 0 aromatic rings. The van der Waals surface area contributed by atoms with E-state index in [-0.39, 0.29) is 0 Å². The van der Waals surface area contributed by atoms with Gasteiger partial charge in [-0.15, -0.1) is 0 Å². The van der Waals surface area contributed by atoms with Crippen LogP contribution in [-0.2, 0) is 0 Å². The number of hydrogen-bond donors (Lipinski definition) is 0. The third kappa shape index (κ3) is 14.7. The van der Waals surface area contributed by atoms with Gasteiger partial charge in [0, 0.05) is 6.04 Å². The number of nitrogens with zero attached hydrogens (tertiary/aromatic N) is 1. The zero-order chi connectivity index (χ0) is 15.8. The van der Waals surface area contributed by atoms with Crippen molar-refractivity contribution < 1.29 is 0 Å². The summed E-state index contributed by atoms with van der Waals surface area (Å²) in [5.41, 5.74) is 0. The average molecular weight is 298 g/mol. The molecule has 0 N–H and O–H groups in total. The van der Waals surface area contributed by atoms with Crippen LogP contribution in [0.3, 0.4) is 0 Å². The quantitative estimate of drug-likeness (QED) is 0.283. The molecule has 0 aliphatic heterocycles. The van der Waals surface area contributed by atoms with Crippen LogP contribution in [0.2, 0.25) is 0 Å². The van der Waals surface area contributed by atoms with Gasteiger partial charge in [-0.3, -0.25) is 0 Å². The SMILES string of the molecule is CCCCCCCCCCC(CCCCCCC)N(C)C. The van der Waals surface area contributed by atoms with Gasteiger partial charge >= 0.3 is 0 Å². The van der Waals surface area contributed by atoms with E-state index in [1.807, 2.05) is 0 Å². The highest BCUT2D eigenvalue weighted by molar-refractivity contribution is 4.66. The smallest absolute Gasteiger partial charge is 0.00891 e. The molecule has 0 radical (unpaired) electrons. The fraction of sp³-hybridized carbons (Fsp3) is 1.00. The van der Waals surface area contributed by atoms with Gasteiger partial charge in [0.2, 0.25) is 0 Å². The summed E-state index contributed by atoms with van der Waals surface area (Å²) in [7, 11) is 4.53. The Morgan fingerprint density at radius 1 is 0.524 bits per heavy atom. The molecule has 1 unspecified atom stereocenters. The fourth-order valence-electron chi connectivity index (χ4n) is 3.16. The predicted molar refractivity (Wildman–Crippen MR) is 98.1 cm³/mol. The minimum atomic E-state index is 0.826. The normalized spacial score (nSPS) is 13.0. The van der Waals surface area contributed by atoms with Crippen molar-refractivity contribution in [2.75, 3.05) is 14.1 Å². The molecule has 0 aromatic heterocycles.